The van der Waals surface area contributed by atoms with Gasteiger partial charge in [0.2, 0.25) is 0 Å². The zero-order chi connectivity index (χ0) is 22.9. The molecule has 33 heavy (non-hydrogen) atoms. The van der Waals surface area contributed by atoms with Gasteiger partial charge in [0.05, 0.1) is 17.4 Å². The van der Waals surface area contributed by atoms with Gasteiger partial charge in [-0.05, 0) is 42.7 Å². The minimum Gasteiger partial charge on any atom is -0.392 e. The molecule has 0 aromatic heterocycles. The summed E-state index contributed by atoms with van der Waals surface area (Å²) in [5, 5.41) is 12.3. The number of rotatable bonds is 12. The molecule has 5 heteroatoms. The quantitative estimate of drug-likeness (QED) is 0.295. The predicted molar refractivity (Wildman–Crippen MR) is 139 cm³/mol. The van der Waals surface area contributed by atoms with Gasteiger partial charge in [-0.2, -0.15) is 5.10 Å². The average molecular weight is 466 g/mol. The van der Waals surface area contributed by atoms with Gasteiger partial charge in [0.25, 0.3) is 0 Å². The first-order valence-corrected chi connectivity index (χ1v) is 13.0. The number of nitrogens with zero attached hydrogens (tertiary/aromatic N) is 3. The standard InChI is InChI=1S/C28H36ClN3O/c1-2-3-4-5-6-7-8-12-15-25-20-27(31-33-25)26-21-28(22-16-18-23(29)19-17-22)32(30-26)24-13-10-9-11-14-24/h9-11,13-14,16-19,25,28H,2-8,12,15,20-21H2,1H3. The van der Waals surface area contributed by atoms with Crippen molar-refractivity contribution < 1.29 is 4.84 Å². The number of para-hydroxylation sites is 1. The highest BCUT2D eigenvalue weighted by Crippen LogP contribution is 2.37. The number of halogens is 1. The lowest BCUT2D eigenvalue weighted by Crippen LogP contribution is -2.18. The van der Waals surface area contributed by atoms with Crippen LogP contribution in [0.15, 0.2) is 64.9 Å². The van der Waals surface area contributed by atoms with E-state index in [0.717, 1.165) is 41.4 Å². The number of hydrogen-bond donors (Lipinski definition) is 0. The zero-order valence-corrected chi connectivity index (χ0v) is 20.5. The highest BCUT2D eigenvalue weighted by molar-refractivity contribution is 6.43. The molecule has 2 aliphatic heterocycles. The van der Waals surface area contributed by atoms with Crippen molar-refractivity contribution in [1.82, 2.24) is 0 Å². The number of unbranched alkanes of at least 4 members (excludes halogenated alkanes) is 7. The van der Waals surface area contributed by atoms with Crippen LogP contribution in [-0.2, 0) is 4.84 Å². The first-order valence-electron chi connectivity index (χ1n) is 12.6. The predicted octanol–water partition coefficient (Wildman–Crippen LogP) is 8.32. The maximum atomic E-state index is 6.13. The number of benzene rings is 2. The SMILES string of the molecule is CCCCCCCCCCC1CC(C2=NN(c3ccccc3)C(c3ccc(Cl)cc3)C2)=NO1. The van der Waals surface area contributed by atoms with Gasteiger partial charge in [-0.3, -0.25) is 5.01 Å². The molecule has 0 bridgehead atoms. The Labute approximate surface area is 203 Å². The summed E-state index contributed by atoms with van der Waals surface area (Å²) in [6.45, 7) is 2.27. The lowest BCUT2D eigenvalue weighted by atomic mass is 9.97. The molecule has 2 aromatic carbocycles. The van der Waals surface area contributed by atoms with Crippen LogP contribution in [0.1, 0.15) is 89.2 Å². The van der Waals surface area contributed by atoms with Crippen LogP contribution in [-0.4, -0.2) is 17.5 Å². The first kappa shape index (κ1) is 23.8. The van der Waals surface area contributed by atoms with Gasteiger partial charge in [0, 0.05) is 17.9 Å². The minimum absolute atomic E-state index is 0.133. The fourth-order valence-electron chi connectivity index (χ4n) is 4.71. The maximum Gasteiger partial charge on any atom is 0.133 e. The van der Waals surface area contributed by atoms with Crippen molar-refractivity contribution in [3.63, 3.8) is 0 Å². The van der Waals surface area contributed by atoms with Gasteiger partial charge in [-0.1, -0.05) is 99.0 Å². The van der Waals surface area contributed by atoms with Crippen LogP contribution in [0.5, 0.6) is 0 Å². The molecule has 4 nitrogen and oxygen atoms in total. The Morgan fingerprint density at radius 1 is 0.848 bits per heavy atom. The van der Waals surface area contributed by atoms with Crippen molar-refractivity contribution >= 4 is 28.7 Å². The van der Waals surface area contributed by atoms with E-state index in [2.05, 4.69) is 53.5 Å². The molecule has 2 heterocycles. The van der Waals surface area contributed by atoms with Crippen LogP contribution in [0.25, 0.3) is 0 Å². The van der Waals surface area contributed by atoms with Gasteiger partial charge in [-0.25, -0.2) is 0 Å². The number of hydrazone groups is 1. The van der Waals surface area contributed by atoms with E-state index in [-0.39, 0.29) is 12.1 Å². The van der Waals surface area contributed by atoms with Gasteiger partial charge >= 0.3 is 0 Å². The van der Waals surface area contributed by atoms with E-state index in [9.17, 15) is 0 Å². The Balaban J connectivity index is 1.31. The highest BCUT2D eigenvalue weighted by Gasteiger charge is 2.34. The molecule has 2 atom stereocenters. The second kappa shape index (κ2) is 12.2. The molecule has 2 unspecified atom stereocenters. The summed E-state index contributed by atoms with van der Waals surface area (Å²) in [5.74, 6) is 0. The molecule has 2 aliphatic rings. The highest BCUT2D eigenvalue weighted by atomic mass is 35.5. The van der Waals surface area contributed by atoms with Crippen molar-refractivity contribution in [2.24, 2.45) is 10.3 Å². The van der Waals surface area contributed by atoms with E-state index in [0.29, 0.717) is 0 Å². The van der Waals surface area contributed by atoms with E-state index < -0.39 is 0 Å². The summed E-state index contributed by atoms with van der Waals surface area (Å²) in [4.78, 5) is 5.81. The normalized spacial score (nSPS) is 20.0. The van der Waals surface area contributed by atoms with Crippen molar-refractivity contribution in [1.29, 1.82) is 0 Å². The molecule has 0 saturated heterocycles. The molecular weight excluding hydrogens is 430 g/mol. The van der Waals surface area contributed by atoms with Crippen LogP contribution < -0.4 is 5.01 Å². The van der Waals surface area contributed by atoms with E-state index in [4.69, 9.17) is 21.5 Å². The number of hydrogen-bond acceptors (Lipinski definition) is 4. The lowest BCUT2D eigenvalue weighted by Gasteiger charge is -2.24. The summed E-state index contributed by atoms with van der Waals surface area (Å²) in [5.41, 5.74) is 4.34. The molecule has 0 amide bonds. The van der Waals surface area contributed by atoms with Gasteiger partial charge < -0.3 is 4.84 Å². The van der Waals surface area contributed by atoms with Gasteiger partial charge in [0.15, 0.2) is 0 Å². The van der Waals surface area contributed by atoms with Crippen molar-refractivity contribution in [3.05, 3.63) is 65.2 Å². The summed E-state index contributed by atoms with van der Waals surface area (Å²) >= 11 is 6.13. The molecule has 0 saturated carbocycles. The van der Waals surface area contributed by atoms with E-state index in [1.807, 2.05) is 18.2 Å². The molecule has 0 radical (unpaired) electrons. The summed E-state index contributed by atoms with van der Waals surface area (Å²) in [7, 11) is 0. The maximum absolute atomic E-state index is 6.13. The topological polar surface area (TPSA) is 37.2 Å². The van der Waals surface area contributed by atoms with E-state index in [1.54, 1.807) is 0 Å². The third kappa shape index (κ3) is 6.60. The van der Waals surface area contributed by atoms with Crippen LogP contribution in [0.4, 0.5) is 5.69 Å². The summed E-state index contributed by atoms with van der Waals surface area (Å²) in [6, 6.07) is 18.6. The van der Waals surface area contributed by atoms with Crippen molar-refractivity contribution in [2.45, 2.75) is 89.7 Å². The second-order valence-corrected chi connectivity index (χ2v) is 9.67. The number of anilines is 1. The largest absolute Gasteiger partial charge is 0.392 e. The molecule has 2 aromatic rings. The van der Waals surface area contributed by atoms with Crippen LogP contribution in [0, 0.1) is 0 Å². The van der Waals surface area contributed by atoms with Crippen LogP contribution in [0.3, 0.4) is 0 Å². The Morgan fingerprint density at radius 3 is 2.27 bits per heavy atom. The number of oxime groups is 1. The Bertz CT molecular complexity index is 926. The summed E-state index contributed by atoms with van der Waals surface area (Å²) < 4.78 is 0. The molecule has 4 rings (SSSR count). The Hall–Kier alpha value is -2.33. The Morgan fingerprint density at radius 2 is 1.55 bits per heavy atom. The second-order valence-electron chi connectivity index (χ2n) is 9.23. The monoisotopic (exact) mass is 465 g/mol. The molecule has 0 spiro atoms. The van der Waals surface area contributed by atoms with E-state index in [1.165, 1.54) is 56.9 Å². The molecule has 176 valence electrons. The molecule has 0 N–H and O–H groups in total. The average Bonchev–Trinajstić information content (AvgIpc) is 3.49. The third-order valence-electron chi connectivity index (χ3n) is 6.63. The van der Waals surface area contributed by atoms with Crippen LogP contribution >= 0.6 is 11.6 Å². The lowest BCUT2D eigenvalue weighted by molar-refractivity contribution is 0.0770. The Kier molecular flexibility index (Phi) is 8.82. The van der Waals surface area contributed by atoms with Gasteiger partial charge in [-0.15, -0.1) is 0 Å². The van der Waals surface area contributed by atoms with Crippen LogP contribution in [0.2, 0.25) is 5.02 Å². The fourth-order valence-corrected chi connectivity index (χ4v) is 4.83. The summed E-state index contributed by atoms with van der Waals surface area (Å²) in [6.07, 6.45) is 13.6. The molecular formula is C28H36ClN3O. The zero-order valence-electron chi connectivity index (χ0n) is 19.8. The smallest absolute Gasteiger partial charge is 0.133 e. The molecule has 0 aliphatic carbocycles. The van der Waals surface area contributed by atoms with E-state index >= 15 is 0 Å². The minimum atomic E-state index is 0.133. The first-order chi connectivity index (χ1) is 16.2. The fraction of sp³-hybridized carbons (Fsp3) is 0.500. The third-order valence-corrected chi connectivity index (χ3v) is 6.88. The van der Waals surface area contributed by atoms with Gasteiger partial charge in [0.1, 0.15) is 11.8 Å². The van der Waals surface area contributed by atoms with Crippen molar-refractivity contribution in [3.8, 4) is 0 Å². The molecule has 0 fully saturated rings. The van der Waals surface area contributed by atoms with Crippen molar-refractivity contribution in [2.75, 3.05) is 5.01 Å².